The number of fused-ring (bicyclic) bond motifs is 1. The Hall–Kier alpha value is -2.39. The standard InChI is InChI=1S/C29H39N3/c1-3-5-6-17-30-18-7-8-23-11-14-25(15-12-23)27-20-28(31-21-24-9-10-24)26-16-13-22(4-2)19-29(26)32-27/h11-16,19-20,24,30H,3-10,17-18,21H2,1-2H3,(H,31,32). The smallest absolute Gasteiger partial charge is 0.0733 e. The van der Waals surface area contributed by atoms with Gasteiger partial charge in [0.1, 0.15) is 0 Å². The first-order chi connectivity index (χ1) is 15.8. The number of pyridine rings is 1. The minimum absolute atomic E-state index is 0.844. The number of aryl methyl sites for hydroxylation is 2. The van der Waals surface area contributed by atoms with Crippen molar-refractivity contribution in [3.8, 4) is 11.3 Å². The molecule has 3 aromatic rings. The van der Waals surface area contributed by atoms with Gasteiger partial charge in [-0.1, -0.05) is 63.1 Å². The van der Waals surface area contributed by atoms with Gasteiger partial charge >= 0.3 is 0 Å². The molecule has 1 heterocycles. The molecule has 2 aromatic carbocycles. The SMILES string of the molecule is CCCCCNCCCc1ccc(-c2cc(NCC3CC3)c3ccc(CC)cc3n2)cc1. The average molecular weight is 430 g/mol. The molecule has 0 saturated heterocycles. The Bertz CT molecular complexity index is 989. The van der Waals surface area contributed by atoms with Gasteiger partial charge in [0.15, 0.2) is 0 Å². The molecular weight excluding hydrogens is 390 g/mol. The van der Waals surface area contributed by atoms with Crippen molar-refractivity contribution in [1.82, 2.24) is 10.3 Å². The number of hydrogen-bond acceptors (Lipinski definition) is 3. The van der Waals surface area contributed by atoms with Gasteiger partial charge in [-0.05, 0) is 80.8 Å². The van der Waals surface area contributed by atoms with Crippen LogP contribution in [-0.2, 0) is 12.8 Å². The highest BCUT2D eigenvalue weighted by Crippen LogP contribution is 2.33. The number of anilines is 1. The first-order valence-electron chi connectivity index (χ1n) is 12.7. The summed E-state index contributed by atoms with van der Waals surface area (Å²) in [5.74, 6) is 0.844. The fourth-order valence-corrected chi connectivity index (χ4v) is 4.25. The normalized spacial score (nSPS) is 13.6. The molecule has 0 radical (unpaired) electrons. The van der Waals surface area contributed by atoms with E-state index >= 15 is 0 Å². The summed E-state index contributed by atoms with van der Waals surface area (Å²) in [5, 5.41) is 8.51. The van der Waals surface area contributed by atoms with Gasteiger partial charge in [-0.3, -0.25) is 0 Å². The molecule has 2 N–H and O–H groups in total. The highest BCUT2D eigenvalue weighted by molar-refractivity contribution is 5.94. The van der Waals surface area contributed by atoms with E-state index < -0.39 is 0 Å². The molecule has 1 saturated carbocycles. The Morgan fingerprint density at radius 2 is 1.66 bits per heavy atom. The molecule has 0 amide bonds. The molecular formula is C29H39N3. The Balaban J connectivity index is 1.44. The van der Waals surface area contributed by atoms with Crippen LogP contribution in [0.2, 0.25) is 0 Å². The minimum Gasteiger partial charge on any atom is -0.384 e. The van der Waals surface area contributed by atoms with Gasteiger partial charge in [0.05, 0.1) is 11.2 Å². The maximum Gasteiger partial charge on any atom is 0.0733 e. The summed E-state index contributed by atoms with van der Waals surface area (Å²) in [7, 11) is 0. The van der Waals surface area contributed by atoms with E-state index in [1.54, 1.807) is 0 Å². The second kappa shape index (κ2) is 11.5. The molecule has 4 rings (SSSR count). The number of benzene rings is 2. The van der Waals surface area contributed by atoms with Crippen molar-refractivity contribution in [3.63, 3.8) is 0 Å². The zero-order valence-corrected chi connectivity index (χ0v) is 19.9. The molecule has 1 aromatic heterocycles. The van der Waals surface area contributed by atoms with E-state index in [1.165, 1.54) is 66.3 Å². The third kappa shape index (κ3) is 6.32. The van der Waals surface area contributed by atoms with E-state index in [0.717, 1.165) is 49.6 Å². The summed E-state index contributed by atoms with van der Waals surface area (Å²) in [5.41, 5.74) is 7.33. The lowest BCUT2D eigenvalue weighted by Crippen LogP contribution is -2.17. The Kier molecular flexibility index (Phi) is 8.17. The average Bonchev–Trinajstić information content (AvgIpc) is 3.66. The van der Waals surface area contributed by atoms with E-state index in [0.29, 0.717) is 0 Å². The molecule has 1 aliphatic carbocycles. The number of aromatic nitrogens is 1. The second-order valence-electron chi connectivity index (χ2n) is 9.34. The molecule has 0 bridgehead atoms. The number of hydrogen-bond donors (Lipinski definition) is 2. The maximum absolute atomic E-state index is 5.05. The van der Waals surface area contributed by atoms with Crippen molar-refractivity contribution in [1.29, 1.82) is 0 Å². The van der Waals surface area contributed by atoms with E-state index in [1.807, 2.05) is 0 Å². The molecule has 0 unspecified atom stereocenters. The van der Waals surface area contributed by atoms with Crippen LogP contribution in [0.15, 0.2) is 48.5 Å². The molecule has 0 atom stereocenters. The third-order valence-electron chi connectivity index (χ3n) is 6.59. The topological polar surface area (TPSA) is 37.0 Å². The van der Waals surface area contributed by atoms with Crippen molar-refractivity contribution in [2.45, 2.75) is 65.2 Å². The summed E-state index contributed by atoms with van der Waals surface area (Å²) < 4.78 is 0. The zero-order chi connectivity index (χ0) is 22.2. The first-order valence-corrected chi connectivity index (χ1v) is 12.7. The molecule has 3 heteroatoms. The lowest BCUT2D eigenvalue weighted by atomic mass is 10.0. The highest BCUT2D eigenvalue weighted by Gasteiger charge is 2.21. The van der Waals surface area contributed by atoms with Gasteiger partial charge in [-0.25, -0.2) is 4.98 Å². The summed E-state index contributed by atoms with van der Waals surface area (Å²) in [6.45, 7) is 7.78. The molecule has 1 fully saturated rings. The molecule has 1 aliphatic rings. The first kappa shape index (κ1) is 22.8. The number of nitrogens with zero attached hydrogens (tertiary/aromatic N) is 1. The quantitative estimate of drug-likeness (QED) is 0.287. The van der Waals surface area contributed by atoms with Crippen LogP contribution < -0.4 is 10.6 Å². The van der Waals surface area contributed by atoms with Crippen LogP contribution in [0.3, 0.4) is 0 Å². The molecule has 170 valence electrons. The van der Waals surface area contributed by atoms with Gasteiger partial charge in [0.2, 0.25) is 0 Å². The summed E-state index contributed by atoms with van der Waals surface area (Å²) in [6.07, 6.45) is 9.98. The van der Waals surface area contributed by atoms with Crippen molar-refractivity contribution in [2.24, 2.45) is 5.92 Å². The van der Waals surface area contributed by atoms with Crippen LogP contribution in [0.1, 0.15) is 63.5 Å². The monoisotopic (exact) mass is 429 g/mol. The predicted molar refractivity (Wildman–Crippen MR) is 138 cm³/mol. The van der Waals surface area contributed by atoms with E-state index in [4.69, 9.17) is 4.98 Å². The van der Waals surface area contributed by atoms with Crippen molar-refractivity contribution >= 4 is 16.6 Å². The van der Waals surface area contributed by atoms with Crippen LogP contribution in [0.4, 0.5) is 5.69 Å². The van der Waals surface area contributed by atoms with Crippen molar-refractivity contribution in [3.05, 3.63) is 59.7 Å². The second-order valence-corrected chi connectivity index (χ2v) is 9.34. The van der Waals surface area contributed by atoms with Crippen molar-refractivity contribution in [2.75, 3.05) is 25.0 Å². The molecule has 32 heavy (non-hydrogen) atoms. The van der Waals surface area contributed by atoms with Crippen LogP contribution in [0.25, 0.3) is 22.2 Å². The largest absolute Gasteiger partial charge is 0.384 e. The Labute approximate surface area is 194 Å². The predicted octanol–water partition coefficient (Wildman–Crippen LogP) is 7.00. The van der Waals surface area contributed by atoms with Gasteiger partial charge in [0.25, 0.3) is 0 Å². The van der Waals surface area contributed by atoms with Gasteiger partial charge in [-0.2, -0.15) is 0 Å². The van der Waals surface area contributed by atoms with Gasteiger partial charge in [-0.15, -0.1) is 0 Å². The van der Waals surface area contributed by atoms with Crippen LogP contribution in [0.5, 0.6) is 0 Å². The number of nitrogens with one attached hydrogen (secondary N) is 2. The van der Waals surface area contributed by atoms with Gasteiger partial charge in [0, 0.05) is 23.2 Å². The summed E-state index contributed by atoms with van der Waals surface area (Å²) in [6, 6.07) is 18.0. The summed E-state index contributed by atoms with van der Waals surface area (Å²) in [4.78, 5) is 5.05. The lowest BCUT2D eigenvalue weighted by Gasteiger charge is -2.13. The van der Waals surface area contributed by atoms with E-state index in [-0.39, 0.29) is 0 Å². The zero-order valence-electron chi connectivity index (χ0n) is 19.9. The fourth-order valence-electron chi connectivity index (χ4n) is 4.25. The lowest BCUT2D eigenvalue weighted by molar-refractivity contribution is 0.599. The number of rotatable bonds is 13. The Morgan fingerprint density at radius 3 is 2.41 bits per heavy atom. The van der Waals surface area contributed by atoms with Crippen LogP contribution >= 0.6 is 0 Å². The molecule has 0 aliphatic heterocycles. The minimum atomic E-state index is 0.844. The maximum atomic E-state index is 5.05. The Morgan fingerprint density at radius 1 is 0.875 bits per heavy atom. The summed E-state index contributed by atoms with van der Waals surface area (Å²) >= 11 is 0. The molecule has 3 nitrogen and oxygen atoms in total. The third-order valence-corrected chi connectivity index (χ3v) is 6.59. The van der Waals surface area contributed by atoms with Crippen LogP contribution in [-0.4, -0.2) is 24.6 Å². The van der Waals surface area contributed by atoms with Crippen molar-refractivity contribution < 1.29 is 0 Å². The van der Waals surface area contributed by atoms with E-state index in [2.05, 4.69) is 73.0 Å². The number of unbranched alkanes of at least 4 members (excludes halogenated alkanes) is 2. The molecule has 0 spiro atoms. The fraction of sp³-hybridized carbons (Fsp3) is 0.483. The van der Waals surface area contributed by atoms with E-state index in [9.17, 15) is 0 Å². The van der Waals surface area contributed by atoms with Gasteiger partial charge < -0.3 is 10.6 Å². The highest BCUT2D eigenvalue weighted by atomic mass is 14.9. The van der Waals surface area contributed by atoms with Crippen LogP contribution in [0, 0.1) is 5.92 Å².